The number of amides is 2. The van der Waals surface area contributed by atoms with E-state index in [1.54, 1.807) is 20.8 Å². The lowest BCUT2D eigenvalue weighted by molar-refractivity contribution is -0.128. The van der Waals surface area contributed by atoms with Crippen molar-refractivity contribution in [3.63, 3.8) is 0 Å². The molecule has 2 atom stereocenters. The molecular formula is C16H26N2O6S. The van der Waals surface area contributed by atoms with Crippen molar-refractivity contribution >= 4 is 22.0 Å². The number of carbonyl (C=O) groups is 2. The molecule has 8 nitrogen and oxygen atoms in total. The van der Waals surface area contributed by atoms with Crippen LogP contribution in [-0.2, 0) is 19.6 Å². The predicted molar refractivity (Wildman–Crippen MR) is 91.6 cm³/mol. The van der Waals surface area contributed by atoms with Crippen molar-refractivity contribution in [1.29, 1.82) is 0 Å². The zero-order valence-corrected chi connectivity index (χ0v) is 15.9. The van der Waals surface area contributed by atoms with Crippen LogP contribution >= 0.6 is 0 Å². The Balaban J connectivity index is 2.34. The minimum absolute atomic E-state index is 0.00455. The highest BCUT2D eigenvalue weighted by atomic mass is 32.2. The maximum Gasteiger partial charge on any atom is 0.408 e. The van der Waals surface area contributed by atoms with Crippen LogP contribution in [-0.4, -0.2) is 60.0 Å². The molecule has 0 heterocycles. The van der Waals surface area contributed by atoms with Crippen LogP contribution < -0.4 is 4.72 Å². The van der Waals surface area contributed by atoms with Crippen molar-refractivity contribution in [1.82, 2.24) is 9.62 Å². The average molecular weight is 374 g/mol. The van der Waals surface area contributed by atoms with E-state index in [2.05, 4.69) is 11.3 Å². The Morgan fingerprint density at radius 3 is 2.28 bits per heavy atom. The molecule has 2 aliphatic carbocycles. The predicted octanol–water partition coefficient (Wildman–Crippen LogP) is 1.33. The number of sulfonamides is 1. The highest BCUT2D eigenvalue weighted by Gasteiger charge is 2.68. The lowest BCUT2D eigenvalue weighted by atomic mass is 10.00. The van der Waals surface area contributed by atoms with E-state index < -0.39 is 43.8 Å². The molecule has 0 aromatic carbocycles. The Kier molecular flexibility index (Phi) is 4.71. The smallest absolute Gasteiger partial charge is 0.408 e. The van der Waals surface area contributed by atoms with Crippen molar-refractivity contribution in [2.24, 2.45) is 5.92 Å². The molecule has 0 spiro atoms. The first-order chi connectivity index (χ1) is 11.4. The number of nitrogens with zero attached hydrogens (tertiary/aromatic N) is 1. The van der Waals surface area contributed by atoms with Crippen LogP contribution in [0, 0.1) is 5.92 Å². The number of rotatable bonds is 7. The van der Waals surface area contributed by atoms with Gasteiger partial charge in [-0.05, 0) is 40.0 Å². The zero-order valence-electron chi connectivity index (χ0n) is 15.0. The van der Waals surface area contributed by atoms with Crippen molar-refractivity contribution in [2.75, 3.05) is 13.7 Å². The monoisotopic (exact) mass is 374 g/mol. The summed E-state index contributed by atoms with van der Waals surface area (Å²) in [5.41, 5.74) is -2.34. The van der Waals surface area contributed by atoms with Crippen LogP contribution in [0.1, 0.15) is 40.0 Å². The topological polar surface area (TPSA) is 113 Å². The Morgan fingerprint density at radius 1 is 1.40 bits per heavy atom. The van der Waals surface area contributed by atoms with E-state index in [-0.39, 0.29) is 13.0 Å². The summed E-state index contributed by atoms with van der Waals surface area (Å²) < 4.78 is 31.2. The second-order valence-electron chi connectivity index (χ2n) is 7.81. The fourth-order valence-electron chi connectivity index (χ4n) is 3.44. The van der Waals surface area contributed by atoms with Crippen LogP contribution in [0.5, 0.6) is 0 Å². The molecule has 0 radical (unpaired) electrons. The molecule has 0 aliphatic heterocycles. The number of ether oxygens (including phenoxy) is 1. The Bertz CT molecular complexity index is 692. The summed E-state index contributed by atoms with van der Waals surface area (Å²) in [7, 11) is -2.57. The molecular weight excluding hydrogens is 348 g/mol. The molecule has 0 bridgehead atoms. The van der Waals surface area contributed by atoms with E-state index in [9.17, 15) is 23.1 Å². The lowest BCUT2D eigenvalue weighted by Crippen LogP contribution is -2.61. The van der Waals surface area contributed by atoms with E-state index in [0.29, 0.717) is 12.8 Å². The SMILES string of the molecule is C=C[C@@H]1C[C@@]1(C(=O)NS(=O)(=O)C1(COC)CC1)N(C(=O)O)C(C)(C)C. The lowest BCUT2D eigenvalue weighted by Gasteiger charge is -2.40. The number of methoxy groups -OCH3 is 1. The highest BCUT2D eigenvalue weighted by molar-refractivity contribution is 7.91. The number of carboxylic acid groups (broad SMARTS) is 1. The third kappa shape index (κ3) is 3.15. The minimum Gasteiger partial charge on any atom is -0.465 e. The van der Waals surface area contributed by atoms with Crippen molar-refractivity contribution in [3.8, 4) is 0 Å². The van der Waals surface area contributed by atoms with Crippen LogP contribution in [0.15, 0.2) is 12.7 Å². The van der Waals surface area contributed by atoms with Gasteiger partial charge in [0, 0.05) is 18.6 Å². The van der Waals surface area contributed by atoms with Gasteiger partial charge >= 0.3 is 6.09 Å². The number of hydrogen-bond acceptors (Lipinski definition) is 5. The first kappa shape index (κ1) is 19.7. The maximum absolute atomic E-state index is 12.9. The summed E-state index contributed by atoms with van der Waals surface area (Å²) in [6.45, 7) is 8.63. The number of hydrogen-bond donors (Lipinski definition) is 2. The van der Waals surface area contributed by atoms with Crippen LogP contribution in [0.25, 0.3) is 0 Å². The average Bonchev–Trinajstić information content (AvgIpc) is 3.32. The fraction of sp³-hybridized carbons (Fsp3) is 0.750. The third-order valence-electron chi connectivity index (χ3n) is 4.94. The van der Waals surface area contributed by atoms with Gasteiger partial charge in [0.2, 0.25) is 10.0 Å². The van der Waals surface area contributed by atoms with Crippen molar-refractivity contribution in [2.45, 2.75) is 55.9 Å². The maximum atomic E-state index is 12.9. The molecule has 2 saturated carbocycles. The zero-order chi connectivity index (χ0) is 19.3. The van der Waals surface area contributed by atoms with E-state index >= 15 is 0 Å². The van der Waals surface area contributed by atoms with E-state index in [1.807, 2.05) is 0 Å². The minimum atomic E-state index is -3.97. The molecule has 2 N–H and O–H groups in total. The van der Waals surface area contributed by atoms with Gasteiger partial charge in [0.25, 0.3) is 5.91 Å². The summed E-state index contributed by atoms with van der Waals surface area (Å²) in [6.07, 6.45) is 1.24. The highest BCUT2D eigenvalue weighted by Crippen LogP contribution is 2.53. The van der Waals surface area contributed by atoms with Gasteiger partial charge in [-0.15, -0.1) is 6.58 Å². The Hall–Kier alpha value is -1.61. The van der Waals surface area contributed by atoms with Gasteiger partial charge in [0.1, 0.15) is 10.3 Å². The number of nitrogens with one attached hydrogen (secondary N) is 1. The first-order valence-corrected chi connectivity index (χ1v) is 9.58. The summed E-state index contributed by atoms with van der Waals surface area (Å²) in [5, 5.41) is 9.64. The molecule has 2 fully saturated rings. The normalized spacial score (nSPS) is 27.3. The van der Waals surface area contributed by atoms with Gasteiger partial charge in [-0.2, -0.15) is 0 Å². The molecule has 0 aromatic rings. The molecule has 0 unspecified atom stereocenters. The van der Waals surface area contributed by atoms with Gasteiger partial charge < -0.3 is 9.84 Å². The largest absolute Gasteiger partial charge is 0.465 e. The van der Waals surface area contributed by atoms with E-state index in [0.717, 1.165) is 4.90 Å². The standard InChI is InChI=1S/C16H26N2O6S/c1-6-11-9-16(11,18(13(20)21)14(2,3)4)12(19)17-25(22,23)15(7-8-15)10-24-5/h6,11H,1,7-10H2,2-5H3,(H,17,19)(H,20,21)/t11-,16-/m1/s1. The summed E-state index contributed by atoms with van der Waals surface area (Å²) in [5.74, 6) is -1.26. The second-order valence-corrected chi connectivity index (χ2v) is 9.89. The van der Waals surface area contributed by atoms with Gasteiger partial charge in [0.15, 0.2) is 0 Å². The molecule has 0 saturated heterocycles. The summed E-state index contributed by atoms with van der Waals surface area (Å²) >= 11 is 0. The van der Waals surface area contributed by atoms with Crippen molar-refractivity contribution < 1.29 is 27.9 Å². The molecule has 25 heavy (non-hydrogen) atoms. The molecule has 2 rings (SSSR count). The van der Waals surface area contributed by atoms with Crippen LogP contribution in [0.3, 0.4) is 0 Å². The molecule has 9 heteroatoms. The molecule has 0 aromatic heterocycles. The van der Waals surface area contributed by atoms with Gasteiger partial charge in [-0.25, -0.2) is 13.2 Å². The van der Waals surface area contributed by atoms with E-state index in [4.69, 9.17) is 4.74 Å². The van der Waals surface area contributed by atoms with Crippen LogP contribution in [0.2, 0.25) is 0 Å². The first-order valence-electron chi connectivity index (χ1n) is 8.09. The van der Waals surface area contributed by atoms with Crippen molar-refractivity contribution in [3.05, 3.63) is 12.7 Å². The van der Waals surface area contributed by atoms with Gasteiger partial charge in [0.05, 0.1) is 6.61 Å². The van der Waals surface area contributed by atoms with Crippen LogP contribution in [0.4, 0.5) is 4.79 Å². The molecule has 2 amide bonds. The van der Waals surface area contributed by atoms with Gasteiger partial charge in [-0.1, -0.05) is 6.08 Å². The quantitative estimate of drug-likeness (QED) is 0.650. The molecule has 2 aliphatic rings. The number of carbonyl (C=O) groups excluding carboxylic acids is 1. The summed E-state index contributed by atoms with van der Waals surface area (Å²) in [4.78, 5) is 25.8. The second kappa shape index (κ2) is 5.98. The van der Waals surface area contributed by atoms with E-state index in [1.165, 1.54) is 13.2 Å². The van der Waals surface area contributed by atoms with Gasteiger partial charge in [-0.3, -0.25) is 14.4 Å². The molecule has 142 valence electrons. The third-order valence-corrected chi connectivity index (χ3v) is 7.06. The Labute approximate surface area is 148 Å². The summed E-state index contributed by atoms with van der Waals surface area (Å²) in [6, 6.07) is 0. The fourth-order valence-corrected chi connectivity index (χ4v) is 4.99. The Morgan fingerprint density at radius 2 is 1.96 bits per heavy atom.